The zero-order valence-electron chi connectivity index (χ0n) is 19.9. The Balaban J connectivity index is 2.00. The minimum Gasteiger partial charge on any atom is -0.508 e. The highest BCUT2D eigenvalue weighted by molar-refractivity contribution is 6.22. The summed E-state index contributed by atoms with van der Waals surface area (Å²) in [5.74, 6) is -6.20. The SMILES string of the molecule is CN(C)c1cc(C(C)(C)C)c(O)c2c1CC1CC3CC(=O)C(C(N)=O)=C(O)C3(O)C(=O)C1=C2O. The molecule has 3 unspecified atom stereocenters. The number of nitrogens with two attached hydrogens (primary N) is 1. The summed E-state index contributed by atoms with van der Waals surface area (Å²) in [6.07, 6.45) is 0.0498. The number of nitrogens with zero attached hydrogens (tertiary/aromatic N) is 1. The third-order valence-corrected chi connectivity index (χ3v) is 7.33. The van der Waals surface area contributed by atoms with Crippen molar-refractivity contribution in [2.75, 3.05) is 19.0 Å². The van der Waals surface area contributed by atoms with Crippen LogP contribution in [0.4, 0.5) is 5.69 Å². The Labute approximate surface area is 197 Å². The first-order valence-corrected chi connectivity index (χ1v) is 11.2. The van der Waals surface area contributed by atoms with Gasteiger partial charge in [-0.1, -0.05) is 20.8 Å². The van der Waals surface area contributed by atoms with Crippen LogP contribution in [0.1, 0.15) is 50.3 Å². The fourth-order valence-corrected chi connectivity index (χ4v) is 5.64. The lowest BCUT2D eigenvalue weighted by Gasteiger charge is -2.46. The molecule has 3 atom stereocenters. The predicted molar refractivity (Wildman–Crippen MR) is 124 cm³/mol. The largest absolute Gasteiger partial charge is 0.508 e. The minimum absolute atomic E-state index is 0.109. The van der Waals surface area contributed by atoms with Gasteiger partial charge in [0.25, 0.3) is 5.91 Å². The Morgan fingerprint density at radius 2 is 1.76 bits per heavy atom. The van der Waals surface area contributed by atoms with Crippen molar-refractivity contribution in [2.24, 2.45) is 17.6 Å². The normalized spacial score (nSPS) is 26.8. The van der Waals surface area contributed by atoms with Crippen LogP contribution in [0.5, 0.6) is 5.75 Å². The predicted octanol–water partition coefficient (Wildman–Crippen LogP) is 1.79. The molecule has 1 saturated carbocycles. The fourth-order valence-electron chi connectivity index (χ4n) is 5.64. The Morgan fingerprint density at radius 3 is 2.29 bits per heavy atom. The molecule has 3 aliphatic rings. The summed E-state index contributed by atoms with van der Waals surface area (Å²) < 4.78 is 0. The summed E-state index contributed by atoms with van der Waals surface area (Å²) in [6, 6.07) is 1.87. The molecule has 0 saturated heterocycles. The van der Waals surface area contributed by atoms with Gasteiger partial charge in [-0.05, 0) is 35.8 Å². The molecule has 0 aliphatic heterocycles. The van der Waals surface area contributed by atoms with E-state index in [0.29, 0.717) is 11.1 Å². The number of phenolic OH excluding ortho intramolecular Hbond substituents is 1. The van der Waals surface area contributed by atoms with Gasteiger partial charge >= 0.3 is 0 Å². The molecule has 9 heteroatoms. The molecular formula is C25H30N2O7. The van der Waals surface area contributed by atoms with Gasteiger partial charge in [0.05, 0.1) is 5.56 Å². The second-order valence-electron chi connectivity index (χ2n) is 10.7. The fraction of sp³-hybridized carbons (Fsp3) is 0.480. The number of benzene rings is 1. The minimum atomic E-state index is -2.56. The molecule has 0 spiro atoms. The van der Waals surface area contributed by atoms with Gasteiger partial charge < -0.3 is 31.1 Å². The second kappa shape index (κ2) is 7.33. The first-order valence-electron chi connectivity index (χ1n) is 11.2. The summed E-state index contributed by atoms with van der Waals surface area (Å²) in [5.41, 5.74) is 3.36. The van der Waals surface area contributed by atoms with E-state index in [2.05, 4.69) is 0 Å². The van der Waals surface area contributed by atoms with Gasteiger partial charge in [0.15, 0.2) is 11.4 Å². The number of aliphatic hydroxyl groups is 3. The molecule has 1 amide bonds. The van der Waals surface area contributed by atoms with Crippen molar-refractivity contribution in [3.63, 3.8) is 0 Å². The standard InChI is InChI=1S/C25H30N2O7/c1-24(2,3)13-9-14(27(4)5)12-7-10-6-11-8-15(28)18(23(26)33)22(32)25(11,34)21(31)16(10)20(30)17(12)19(13)29/h9-11,29-30,32,34H,6-8H2,1-5H3,(H2,26,33). The molecule has 0 heterocycles. The van der Waals surface area contributed by atoms with E-state index in [-0.39, 0.29) is 36.1 Å². The number of ketones is 2. The molecular weight excluding hydrogens is 440 g/mol. The van der Waals surface area contributed by atoms with Gasteiger partial charge in [0.2, 0.25) is 5.78 Å². The van der Waals surface area contributed by atoms with E-state index in [9.17, 15) is 34.8 Å². The molecule has 4 rings (SSSR count). The number of aliphatic hydroxyl groups excluding tert-OH is 2. The molecule has 9 nitrogen and oxygen atoms in total. The highest BCUT2D eigenvalue weighted by atomic mass is 16.3. The summed E-state index contributed by atoms with van der Waals surface area (Å²) in [6.45, 7) is 5.74. The summed E-state index contributed by atoms with van der Waals surface area (Å²) in [5, 5.41) is 44.5. The zero-order chi connectivity index (χ0) is 25.5. The van der Waals surface area contributed by atoms with E-state index < -0.39 is 57.4 Å². The van der Waals surface area contributed by atoms with Crippen LogP contribution in [-0.2, 0) is 26.2 Å². The van der Waals surface area contributed by atoms with E-state index in [1.54, 1.807) is 0 Å². The van der Waals surface area contributed by atoms with Crippen LogP contribution in [0.15, 0.2) is 23.0 Å². The third kappa shape index (κ3) is 3.06. The first-order chi connectivity index (χ1) is 15.6. The molecule has 0 aromatic heterocycles. The number of aromatic hydroxyl groups is 1. The van der Waals surface area contributed by atoms with E-state index in [1.807, 2.05) is 45.8 Å². The lowest BCUT2D eigenvalue weighted by Crippen LogP contribution is -2.58. The maximum atomic E-state index is 13.6. The maximum absolute atomic E-state index is 13.6. The number of fused-ring (bicyclic) bond motifs is 3. The molecule has 34 heavy (non-hydrogen) atoms. The zero-order valence-corrected chi connectivity index (χ0v) is 19.9. The van der Waals surface area contributed by atoms with Gasteiger partial charge in [-0.25, -0.2) is 0 Å². The number of rotatable bonds is 2. The average Bonchev–Trinajstić information content (AvgIpc) is 2.69. The molecule has 0 bridgehead atoms. The summed E-state index contributed by atoms with van der Waals surface area (Å²) in [7, 11) is 3.68. The third-order valence-electron chi connectivity index (χ3n) is 7.33. The number of Topliss-reactive ketones (excluding diaryl/α,β-unsaturated/α-hetero) is 2. The van der Waals surface area contributed by atoms with Gasteiger partial charge in [0, 0.05) is 43.3 Å². The van der Waals surface area contributed by atoms with Crippen LogP contribution >= 0.6 is 0 Å². The molecule has 1 aromatic carbocycles. The second-order valence-corrected chi connectivity index (χ2v) is 10.7. The average molecular weight is 471 g/mol. The number of phenols is 1. The number of carbonyl (C=O) groups excluding carboxylic acids is 3. The molecule has 1 fully saturated rings. The van der Waals surface area contributed by atoms with Crippen LogP contribution in [0.2, 0.25) is 0 Å². The smallest absolute Gasteiger partial charge is 0.255 e. The van der Waals surface area contributed by atoms with Gasteiger partial charge in [0.1, 0.15) is 22.8 Å². The van der Waals surface area contributed by atoms with Crippen molar-refractivity contribution in [1.82, 2.24) is 0 Å². The van der Waals surface area contributed by atoms with Crippen molar-refractivity contribution in [1.29, 1.82) is 0 Å². The Hall–Kier alpha value is -3.33. The maximum Gasteiger partial charge on any atom is 0.255 e. The molecule has 0 radical (unpaired) electrons. The topological polar surface area (TPSA) is 161 Å². The van der Waals surface area contributed by atoms with Crippen LogP contribution in [0.3, 0.4) is 0 Å². The molecule has 6 N–H and O–H groups in total. The molecule has 182 valence electrons. The number of carbonyl (C=O) groups is 3. The number of primary amides is 1. The van der Waals surface area contributed by atoms with Gasteiger partial charge in [-0.15, -0.1) is 0 Å². The molecule has 3 aliphatic carbocycles. The Morgan fingerprint density at radius 1 is 1.15 bits per heavy atom. The highest BCUT2D eigenvalue weighted by Crippen LogP contribution is 2.54. The monoisotopic (exact) mass is 470 g/mol. The van der Waals surface area contributed by atoms with Crippen molar-refractivity contribution >= 4 is 28.9 Å². The van der Waals surface area contributed by atoms with Crippen molar-refractivity contribution in [3.8, 4) is 5.75 Å². The molecule has 1 aromatic rings. The Kier molecular flexibility index (Phi) is 5.14. The first kappa shape index (κ1) is 23.8. The van der Waals surface area contributed by atoms with Gasteiger partial charge in [-0.2, -0.15) is 0 Å². The van der Waals surface area contributed by atoms with Gasteiger partial charge in [-0.3, -0.25) is 14.4 Å². The van der Waals surface area contributed by atoms with Crippen LogP contribution in [0.25, 0.3) is 5.76 Å². The number of amides is 1. The summed E-state index contributed by atoms with van der Waals surface area (Å²) in [4.78, 5) is 39.7. The van der Waals surface area contributed by atoms with E-state index >= 15 is 0 Å². The van der Waals surface area contributed by atoms with Crippen molar-refractivity contribution < 1.29 is 34.8 Å². The van der Waals surface area contributed by atoms with Crippen LogP contribution in [0, 0.1) is 11.8 Å². The quantitative estimate of drug-likeness (QED) is 0.409. The number of hydrogen-bond acceptors (Lipinski definition) is 8. The van der Waals surface area contributed by atoms with E-state index in [1.165, 1.54) is 0 Å². The highest BCUT2D eigenvalue weighted by Gasteiger charge is 2.60. The van der Waals surface area contributed by atoms with E-state index in [0.717, 1.165) is 5.69 Å². The summed E-state index contributed by atoms with van der Waals surface area (Å²) >= 11 is 0. The number of hydrogen-bond donors (Lipinski definition) is 5. The van der Waals surface area contributed by atoms with Crippen LogP contribution in [-0.4, -0.2) is 57.6 Å². The van der Waals surface area contributed by atoms with Crippen LogP contribution < -0.4 is 10.6 Å². The van der Waals surface area contributed by atoms with Crippen molar-refractivity contribution in [3.05, 3.63) is 39.7 Å². The Bertz CT molecular complexity index is 1220. The van der Waals surface area contributed by atoms with Crippen molar-refractivity contribution in [2.45, 2.75) is 51.0 Å². The lowest BCUT2D eigenvalue weighted by atomic mass is 9.59. The van der Waals surface area contributed by atoms with E-state index in [4.69, 9.17) is 5.73 Å². The lowest BCUT2D eigenvalue weighted by molar-refractivity contribution is -0.147. The number of anilines is 1.